The lowest BCUT2D eigenvalue weighted by molar-refractivity contribution is 0.627. The molecule has 0 saturated carbocycles. The van der Waals surface area contributed by atoms with E-state index in [-0.39, 0.29) is 24.8 Å². The molecular weight excluding hydrogens is 208 g/mol. The molecule has 0 radical (unpaired) electrons. The van der Waals surface area contributed by atoms with Gasteiger partial charge in [0, 0.05) is 6.54 Å². The van der Waals surface area contributed by atoms with Crippen molar-refractivity contribution in [3.8, 4) is 0 Å². The predicted octanol–water partition coefficient (Wildman–Crippen LogP) is 2.60. The molecule has 2 N–H and O–H groups in total. The van der Waals surface area contributed by atoms with E-state index in [9.17, 15) is 8.78 Å². The number of hydrogen-bond donors (Lipinski definition) is 1. The van der Waals surface area contributed by atoms with Gasteiger partial charge >= 0.3 is 0 Å². The van der Waals surface area contributed by atoms with Gasteiger partial charge in [-0.2, -0.15) is 0 Å². The highest BCUT2D eigenvalue weighted by Gasteiger charge is 1.98. The molecule has 0 bridgehead atoms. The van der Waals surface area contributed by atoms with E-state index in [0.29, 0.717) is 18.3 Å². The maximum absolute atomic E-state index is 12.5. The Hall–Kier alpha value is -0.930. The molecular formula is C10H12ClF2N. The van der Waals surface area contributed by atoms with Crippen molar-refractivity contribution < 1.29 is 8.78 Å². The normalized spacial score (nSPS) is 10.9. The number of benzene rings is 1. The first-order valence-corrected chi connectivity index (χ1v) is 3.99. The van der Waals surface area contributed by atoms with E-state index in [1.165, 1.54) is 12.1 Å². The largest absolute Gasteiger partial charge is 0.327 e. The molecule has 0 aliphatic carbocycles. The van der Waals surface area contributed by atoms with Crippen LogP contribution in [-0.4, -0.2) is 6.54 Å². The van der Waals surface area contributed by atoms with Gasteiger partial charge in [-0.3, -0.25) is 0 Å². The summed E-state index contributed by atoms with van der Waals surface area (Å²) in [5.74, 6) is -0.290. The second kappa shape index (κ2) is 6.51. The molecule has 0 spiro atoms. The van der Waals surface area contributed by atoms with Crippen LogP contribution in [0.25, 0.3) is 0 Å². The van der Waals surface area contributed by atoms with E-state index in [1.807, 2.05) is 0 Å². The second-order valence-electron chi connectivity index (χ2n) is 2.77. The molecule has 0 heterocycles. The molecule has 0 atom stereocenters. The van der Waals surface area contributed by atoms with Gasteiger partial charge in [-0.15, -0.1) is 12.4 Å². The molecule has 78 valence electrons. The summed E-state index contributed by atoms with van der Waals surface area (Å²) in [6.45, 7) is 0.188. The van der Waals surface area contributed by atoms with Crippen molar-refractivity contribution in [3.05, 3.63) is 47.5 Å². The number of nitrogens with two attached hydrogens (primary N) is 1. The Kier molecular flexibility index (Phi) is 6.08. The topological polar surface area (TPSA) is 26.0 Å². The predicted molar refractivity (Wildman–Crippen MR) is 55.6 cm³/mol. The van der Waals surface area contributed by atoms with Gasteiger partial charge in [0.1, 0.15) is 5.82 Å². The van der Waals surface area contributed by atoms with Crippen LogP contribution >= 0.6 is 12.4 Å². The highest BCUT2D eigenvalue weighted by molar-refractivity contribution is 5.85. The monoisotopic (exact) mass is 219 g/mol. The number of rotatable bonds is 3. The third kappa shape index (κ3) is 3.85. The first-order chi connectivity index (χ1) is 6.26. The fourth-order valence-corrected chi connectivity index (χ4v) is 1.02. The van der Waals surface area contributed by atoms with Crippen LogP contribution < -0.4 is 5.73 Å². The minimum atomic E-state index is -0.290. The van der Waals surface area contributed by atoms with Crippen LogP contribution in [-0.2, 0) is 6.42 Å². The number of halogens is 3. The lowest BCUT2D eigenvalue weighted by Gasteiger charge is -2.02. The summed E-state index contributed by atoms with van der Waals surface area (Å²) in [4.78, 5) is 0. The minimum Gasteiger partial charge on any atom is -0.327 e. The molecule has 0 saturated heterocycles. The van der Waals surface area contributed by atoms with Crippen LogP contribution in [0.5, 0.6) is 0 Å². The van der Waals surface area contributed by atoms with E-state index in [2.05, 4.69) is 0 Å². The van der Waals surface area contributed by atoms with Crippen molar-refractivity contribution in [3.63, 3.8) is 0 Å². The molecule has 0 aliphatic rings. The maximum atomic E-state index is 12.5. The highest BCUT2D eigenvalue weighted by Crippen LogP contribution is 2.08. The Morgan fingerprint density at radius 1 is 1.29 bits per heavy atom. The molecule has 0 aliphatic heterocycles. The second-order valence-corrected chi connectivity index (χ2v) is 2.77. The Balaban J connectivity index is 0.00000169. The SMILES string of the molecule is Cl.NC/C(=C\F)Cc1ccc(F)cc1. The minimum absolute atomic E-state index is 0. The first kappa shape index (κ1) is 13.1. The van der Waals surface area contributed by atoms with Gasteiger partial charge in [-0.05, 0) is 29.7 Å². The van der Waals surface area contributed by atoms with Crippen LogP contribution in [0, 0.1) is 5.82 Å². The van der Waals surface area contributed by atoms with E-state index in [0.717, 1.165) is 5.56 Å². The molecule has 0 unspecified atom stereocenters. The van der Waals surface area contributed by atoms with Crippen molar-refractivity contribution in [1.29, 1.82) is 0 Å². The van der Waals surface area contributed by atoms with E-state index in [4.69, 9.17) is 5.73 Å². The average molecular weight is 220 g/mol. The summed E-state index contributed by atoms with van der Waals surface area (Å²) in [6, 6.07) is 5.94. The summed E-state index contributed by atoms with van der Waals surface area (Å²) in [6.07, 6.45) is 0.941. The average Bonchev–Trinajstić information content (AvgIpc) is 2.17. The van der Waals surface area contributed by atoms with Crippen LogP contribution in [0.15, 0.2) is 36.2 Å². The van der Waals surface area contributed by atoms with Gasteiger partial charge in [0.05, 0.1) is 6.33 Å². The highest BCUT2D eigenvalue weighted by atomic mass is 35.5. The molecule has 0 aromatic heterocycles. The van der Waals surface area contributed by atoms with E-state index >= 15 is 0 Å². The fraction of sp³-hybridized carbons (Fsp3) is 0.200. The Morgan fingerprint density at radius 2 is 1.86 bits per heavy atom. The first-order valence-electron chi connectivity index (χ1n) is 3.99. The van der Waals surface area contributed by atoms with Gasteiger partial charge < -0.3 is 5.73 Å². The molecule has 0 fully saturated rings. The van der Waals surface area contributed by atoms with Gasteiger partial charge in [0.2, 0.25) is 0 Å². The molecule has 1 nitrogen and oxygen atoms in total. The van der Waals surface area contributed by atoms with E-state index in [1.54, 1.807) is 12.1 Å². The molecule has 14 heavy (non-hydrogen) atoms. The Bertz CT molecular complexity index is 295. The standard InChI is InChI=1S/C10H11F2N.ClH/c11-6-9(7-13)5-8-1-3-10(12)4-2-8;/h1-4,6H,5,7,13H2;1H/b9-6-;. The third-order valence-corrected chi connectivity index (χ3v) is 1.76. The molecule has 1 aromatic carbocycles. The van der Waals surface area contributed by atoms with Crippen LogP contribution in [0.3, 0.4) is 0 Å². The van der Waals surface area contributed by atoms with E-state index < -0.39 is 0 Å². The van der Waals surface area contributed by atoms with Gasteiger partial charge in [0.25, 0.3) is 0 Å². The van der Waals surface area contributed by atoms with Crippen molar-refractivity contribution in [2.24, 2.45) is 5.73 Å². The zero-order chi connectivity index (χ0) is 9.68. The zero-order valence-electron chi connectivity index (χ0n) is 7.54. The molecule has 1 rings (SSSR count). The number of hydrogen-bond acceptors (Lipinski definition) is 1. The van der Waals surface area contributed by atoms with Gasteiger partial charge in [-0.25, -0.2) is 8.78 Å². The van der Waals surface area contributed by atoms with Crippen LogP contribution in [0.2, 0.25) is 0 Å². The maximum Gasteiger partial charge on any atom is 0.123 e. The lowest BCUT2D eigenvalue weighted by atomic mass is 10.1. The fourth-order valence-electron chi connectivity index (χ4n) is 1.02. The smallest absolute Gasteiger partial charge is 0.123 e. The van der Waals surface area contributed by atoms with Crippen LogP contribution in [0.1, 0.15) is 5.56 Å². The third-order valence-electron chi connectivity index (χ3n) is 1.76. The molecule has 0 amide bonds. The summed E-state index contributed by atoms with van der Waals surface area (Å²) < 4.78 is 24.6. The summed E-state index contributed by atoms with van der Waals surface area (Å²) in [7, 11) is 0. The van der Waals surface area contributed by atoms with Crippen molar-refractivity contribution in [1.82, 2.24) is 0 Å². The Labute approximate surface area is 88.0 Å². The lowest BCUT2D eigenvalue weighted by Crippen LogP contribution is -2.05. The summed E-state index contributed by atoms with van der Waals surface area (Å²) in [5, 5.41) is 0. The summed E-state index contributed by atoms with van der Waals surface area (Å²) in [5.41, 5.74) is 6.64. The summed E-state index contributed by atoms with van der Waals surface area (Å²) >= 11 is 0. The molecule has 1 aromatic rings. The van der Waals surface area contributed by atoms with Gasteiger partial charge in [-0.1, -0.05) is 12.1 Å². The van der Waals surface area contributed by atoms with Crippen LogP contribution in [0.4, 0.5) is 8.78 Å². The van der Waals surface area contributed by atoms with Crippen molar-refractivity contribution >= 4 is 12.4 Å². The van der Waals surface area contributed by atoms with Crippen molar-refractivity contribution in [2.75, 3.05) is 6.54 Å². The van der Waals surface area contributed by atoms with Gasteiger partial charge in [0.15, 0.2) is 0 Å². The zero-order valence-corrected chi connectivity index (χ0v) is 8.36. The molecule has 4 heteroatoms. The Morgan fingerprint density at radius 3 is 2.29 bits per heavy atom. The quantitative estimate of drug-likeness (QED) is 0.831. The van der Waals surface area contributed by atoms with Crippen molar-refractivity contribution in [2.45, 2.75) is 6.42 Å².